The number of rotatable bonds is 6. The summed E-state index contributed by atoms with van der Waals surface area (Å²) in [5, 5.41) is 6.38. The Morgan fingerprint density at radius 1 is 1.14 bits per heavy atom. The summed E-state index contributed by atoms with van der Waals surface area (Å²) in [7, 11) is 1.64. The number of ether oxygens (including phenoxy) is 1. The molecule has 0 bridgehead atoms. The third-order valence-electron chi connectivity index (χ3n) is 2.90. The number of nitrogens with zero attached hydrogens (tertiary/aromatic N) is 3. The molecule has 6 nitrogen and oxygen atoms in total. The first-order valence-corrected chi connectivity index (χ1v) is 7.06. The van der Waals surface area contributed by atoms with Crippen molar-refractivity contribution in [3.05, 3.63) is 35.1 Å². The summed E-state index contributed by atoms with van der Waals surface area (Å²) in [6, 6.07) is 7.84. The van der Waals surface area contributed by atoms with Gasteiger partial charge < -0.3 is 15.4 Å². The van der Waals surface area contributed by atoms with Crippen LogP contribution >= 0.6 is 11.6 Å². The van der Waals surface area contributed by atoms with Crippen LogP contribution in [0.5, 0.6) is 5.75 Å². The topological polar surface area (TPSA) is 72.0 Å². The number of anilines is 2. The van der Waals surface area contributed by atoms with Crippen molar-refractivity contribution >= 4 is 23.5 Å². The maximum atomic E-state index is 5.90. The Morgan fingerprint density at radius 2 is 1.81 bits per heavy atom. The van der Waals surface area contributed by atoms with Crippen molar-refractivity contribution in [2.24, 2.45) is 0 Å². The van der Waals surface area contributed by atoms with Crippen molar-refractivity contribution in [2.45, 2.75) is 19.9 Å². The fourth-order valence-corrected chi connectivity index (χ4v) is 1.98. The average Bonchev–Trinajstić information content (AvgIpc) is 2.47. The van der Waals surface area contributed by atoms with E-state index in [1.54, 1.807) is 7.11 Å². The van der Waals surface area contributed by atoms with E-state index in [9.17, 15) is 0 Å². The van der Waals surface area contributed by atoms with Crippen LogP contribution in [0.4, 0.5) is 11.9 Å². The van der Waals surface area contributed by atoms with Gasteiger partial charge in [0.15, 0.2) is 0 Å². The molecule has 21 heavy (non-hydrogen) atoms. The van der Waals surface area contributed by atoms with Crippen LogP contribution in [0.1, 0.15) is 25.5 Å². The number of benzene rings is 1. The molecular weight excluding hydrogens is 290 g/mol. The quantitative estimate of drug-likeness (QED) is 0.854. The molecule has 0 aliphatic heterocycles. The third-order valence-corrected chi connectivity index (χ3v) is 3.07. The first kappa shape index (κ1) is 15.3. The van der Waals surface area contributed by atoms with Gasteiger partial charge in [-0.05, 0) is 43.1 Å². The summed E-state index contributed by atoms with van der Waals surface area (Å²) >= 11 is 5.90. The van der Waals surface area contributed by atoms with Gasteiger partial charge in [0.1, 0.15) is 5.75 Å². The van der Waals surface area contributed by atoms with E-state index in [1.807, 2.05) is 38.1 Å². The molecule has 0 radical (unpaired) electrons. The Morgan fingerprint density at radius 3 is 2.43 bits per heavy atom. The molecule has 0 fully saturated rings. The monoisotopic (exact) mass is 307 g/mol. The lowest BCUT2D eigenvalue weighted by molar-refractivity contribution is 0.414. The number of hydrogen-bond donors (Lipinski definition) is 2. The van der Waals surface area contributed by atoms with E-state index >= 15 is 0 Å². The van der Waals surface area contributed by atoms with Gasteiger partial charge >= 0.3 is 0 Å². The maximum Gasteiger partial charge on any atom is 0.229 e. The highest BCUT2D eigenvalue weighted by molar-refractivity contribution is 6.28. The summed E-state index contributed by atoms with van der Waals surface area (Å²) in [6.45, 7) is 4.70. The van der Waals surface area contributed by atoms with Crippen molar-refractivity contribution in [1.29, 1.82) is 0 Å². The van der Waals surface area contributed by atoms with Gasteiger partial charge in [0, 0.05) is 6.54 Å². The van der Waals surface area contributed by atoms with Gasteiger partial charge in [-0.15, -0.1) is 0 Å². The Bertz CT molecular complexity index is 590. The third kappa shape index (κ3) is 4.19. The molecule has 0 saturated carbocycles. The largest absolute Gasteiger partial charge is 0.497 e. The summed E-state index contributed by atoms with van der Waals surface area (Å²) < 4.78 is 5.15. The smallest absolute Gasteiger partial charge is 0.229 e. The van der Waals surface area contributed by atoms with Gasteiger partial charge in [-0.3, -0.25) is 0 Å². The second-order valence-electron chi connectivity index (χ2n) is 4.42. The van der Waals surface area contributed by atoms with Crippen LogP contribution in [0.2, 0.25) is 5.28 Å². The highest BCUT2D eigenvalue weighted by Crippen LogP contribution is 2.21. The lowest BCUT2D eigenvalue weighted by Crippen LogP contribution is -2.12. The average molecular weight is 308 g/mol. The fourth-order valence-electron chi connectivity index (χ4n) is 1.82. The highest BCUT2D eigenvalue weighted by atomic mass is 35.5. The molecule has 1 unspecified atom stereocenters. The molecule has 1 aromatic carbocycles. The Kier molecular flexibility index (Phi) is 5.16. The number of nitrogens with one attached hydrogen (secondary N) is 2. The fraction of sp³-hybridized carbons (Fsp3) is 0.357. The van der Waals surface area contributed by atoms with Gasteiger partial charge in [-0.25, -0.2) is 0 Å². The number of methoxy groups -OCH3 is 1. The molecule has 2 rings (SSSR count). The Hall–Kier alpha value is -2.08. The van der Waals surface area contributed by atoms with Crippen molar-refractivity contribution < 1.29 is 4.74 Å². The van der Waals surface area contributed by atoms with Crippen LogP contribution in [0.25, 0.3) is 0 Å². The van der Waals surface area contributed by atoms with E-state index in [4.69, 9.17) is 16.3 Å². The molecule has 0 spiro atoms. The van der Waals surface area contributed by atoms with Crippen LogP contribution in [0.3, 0.4) is 0 Å². The Labute approximate surface area is 128 Å². The van der Waals surface area contributed by atoms with E-state index < -0.39 is 0 Å². The second kappa shape index (κ2) is 7.08. The SMILES string of the molecule is CCNc1nc(Cl)nc(NC(C)c2ccc(OC)cc2)n1. The number of hydrogen-bond acceptors (Lipinski definition) is 6. The van der Waals surface area contributed by atoms with Gasteiger partial charge in [0.05, 0.1) is 13.2 Å². The molecule has 0 aliphatic carbocycles. The van der Waals surface area contributed by atoms with Crippen molar-refractivity contribution in [3.8, 4) is 5.75 Å². The zero-order chi connectivity index (χ0) is 15.2. The molecule has 2 N–H and O–H groups in total. The minimum Gasteiger partial charge on any atom is -0.497 e. The standard InChI is InChI=1S/C14H18ClN5O/c1-4-16-13-18-12(15)19-14(20-13)17-9(2)10-5-7-11(21-3)8-6-10/h5-9H,4H2,1-3H3,(H2,16,17,18,19,20). The number of aromatic nitrogens is 3. The van der Waals surface area contributed by atoms with E-state index in [0.717, 1.165) is 11.3 Å². The second-order valence-corrected chi connectivity index (χ2v) is 4.76. The first-order chi connectivity index (χ1) is 10.1. The summed E-state index contributed by atoms with van der Waals surface area (Å²) in [5.74, 6) is 1.72. The molecule has 1 heterocycles. The Balaban J connectivity index is 2.12. The lowest BCUT2D eigenvalue weighted by Gasteiger charge is -2.15. The minimum atomic E-state index is 0.0313. The van der Waals surface area contributed by atoms with Crippen LogP contribution < -0.4 is 15.4 Å². The molecule has 0 aliphatic rings. The molecular formula is C14H18ClN5O. The van der Waals surface area contributed by atoms with Gasteiger partial charge in [0.2, 0.25) is 17.2 Å². The van der Waals surface area contributed by atoms with E-state index in [1.165, 1.54) is 0 Å². The summed E-state index contributed by atoms with van der Waals surface area (Å²) in [5.41, 5.74) is 1.09. The zero-order valence-electron chi connectivity index (χ0n) is 12.2. The molecule has 0 saturated heterocycles. The van der Waals surface area contributed by atoms with Gasteiger partial charge in [-0.1, -0.05) is 12.1 Å². The van der Waals surface area contributed by atoms with E-state index in [2.05, 4.69) is 25.6 Å². The predicted octanol–water partition coefficient (Wildman–Crippen LogP) is 3.14. The first-order valence-electron chi connectivity index (χ1n) is 6.68. The number of halogens is 1. The predicted molar refractivity (Wildman–Crippen MR) is 84.0 cm³/mol. The molecule has 7 heteroatoms. The van der Waals surface area contributed by atoms with Gasteiger partial charge in [0.25, 0.3) is 0 Å². The van der Waals surface area contributed by atoms with Gasteiger partial charge in [-0.2, -0.15) is 15.0 Å². The summed E-state index contributed by atoms with van der Waals surface area (Å²) in [6.07, 6.45) is 0. The molecule has 112 valence electrons. The molecule has 1 atom stereocenters. The molecule has 1 aromatic heterocycles. The molecule has 0 amide bonds. The lowest BCUT2D eigenvalue weighted by atomic mass is 10.1. The van der Waals surface area contributed by atoms with Crippen molar-refractivity contribution in [1.82, 2.24) is 15.0 Å². The van der Waals surface area contributed by atoms with Crippen LogP contribution in [0, 0.1) is 0 Å². The maximum absolute atomic E-state index is 5.90. The van der Waals surface area contributed by atoms with Crippen molar-refractivity contribution in [2.75, 3.05) is 24.3 Å². The van der Waals surface area contributed by atoms with Crippen LogP contribution in [-0.2, 0) is 0 Å². The minimum absolute atomic E-state index is 0.0313. The van der Waals surface area contributed by atoms with Crippen molar-refractivity contribution in [3.63, 3.8) is 0 Å². The van der Waals surface area contributed by atoms with Crippen LogP contribution in [-0.4, -0.2) is 28.6 Å². The van der Waals surface area contributed by atoms with Crippen LogP contribution in [0.15, 0.2) is 24.3 Å². The zero-order valence-corrected chi connectivity index (χ0v) is 13.0. The van der Waals surface area contributed by atoms with E-state index in [-0.39, 0.29) is 11.3 Å². The molecule has 2 aromatic rings. The highest BCUT2D eigenvalue weighted by Gasteiger charge is 2.10. The summed E-state index contributed by atoms with van der Waals surface area (Å²) in [4.78, 5) is 12.4. The normalized spacial score (nSPS) is 11.8. The van der Waals surface area contributed by atoms with E-state index in [0.29, 0.717) is 18.4 Å².